The third kappa shape index (κ3) is 4.09. The molecule has 1 fully saturated rings. The minimum absolute atomic E-state index is 0.0742. The van der Waals surface area contributed by atoms with Crippen molar-refractivity contribution in [1.29, 1.82) is 0 Å². The van der Waals surface area contributed by atoms with Crippen molar-refractivity contribution in [3.63, 3.8) is 0 Å². The molecule has 0 radical (unpaired) electrons. The van der Waals surface area contributed by atoms with E-state index in [0.717, 1.165) is 25.7 Å². The molecule has 0 heterocycles. The molecule has 1 saturated carbocycles. The van der Waals surface area contributed by atoms with Gasteiger partial charge in [-0.05, 0) is 37.5 Å². The van der Waals surface area contributed by atoms with Crippen molar-refractivity contribution >= 4 is 15.6 Å². The predicted molar refractivity (Wildman–Crippen MR) is 69.7 cm³/mol. The topological polar surface area (TPSA) is 51.2 Å². The number of sulfone groups is 1. The molecule has 0 aromatic heterocycles. The summed E-state index contributed by atoms with van der Waals surface area (Å²) in [5.41, 5.74) is -0.0742. The number of hydrogen-bond donors (Lipinski definition) is 0. The maximum atomic E-state index is 11.6. The fraction of sp³-hybridized carbons (Fsp3) is 0.923. The minimum atomic E-state index is -2.93. The summed E-state index contributed by atoms with van der Waals surface area (Å²) in [7, 11) is -2.93. The molecule has 0 spiro atoms. The highest BCUT2D eigenvalue weighted by atomic mass is 32.2. The van der Waals surface area contributed by atoms with Crippen molar-refractivity contribution in [3.8, 4) is 0 Å². The van der Waals surface area contributed by atoms with E-state index in [1.165, 1.54) is 6.26 Å². The Labute approximate surface area is 105 Å². The molecule has 0 N–H and O–H groups in total. The van der Waals surface area contributed by atoms with Crippen molar-refractivity contribution in [3.05, 3.63) is 0 Å². The zero-order valence-corrected chi connectivity index (χ0v) is 12.1. The molecule has 2 unspecified atom stereocenters. The second kappa shape index (κ2) is 5.09. The van der Waals surface area contributed by atoms with E-state index in [1.807, 2.05) is 0 Å². The zero-order valence-electron chi connectivity index (χ0n) is 11.3. The summed E-state index contributed by atoms with van der Waals surface area (Å²) in [4.78, 5) is 11.3. The van der Waals surface area contributed by atoms with Gasteiger partial charge < -0.3 is 4.79 Å². The average molecular weight is 260 g/mol. The van der Waals surface area contributed by atoms with Gasteiger partial charge in [0.2, 0.25) is 0 Å². The van der Waals surface area contributed by atoms with Crippen molar-refractivity contribution < 1.29 is 13.2 Å². The Morgan fingerprint density at radius 2 is 1.88 bits per heavy atom. The molecule has 4 heteroatoms. The summed E-state index contributed by atoms with van der Waals surface area (Å²) in [6.07, 6.45) is 5.40. The van der Waals surface area contributed by atoms with Crippen molar-refractivity contribution in [1.82, 2.24) is 0 Å². The van der Waals surface area contributed by atoms with Gasteiger partial charge in [-0.2, -0.15) is 0 Å². The first-order valence-electron chi connectivity index (χ1n) is 6.31. The number of carbonyl (C=O) groups is 1. The smallest absolute Gasteiger partial charge is 0.150 e. The summed E-state index contributed by atoms with van der Waals surface area (Å²) in [6, 6.07) is 0. The van der Waals surface area contributed by atoms with Gasteiger partial charge in [-0.25, -0.2) is 8.42 Å². The first kappa shape index (κ1) is 14.7. The molecule has 2 atom stereocenters. The van der Waals surface area contributed by atoms with Crippen molar-refractivity contribution in [2.75, 3.05) is 6.26 Å². The van der Waals surface area contributed by atoms with Gasteiger partial charge in [0.1, 0.15) is 15.6 Å². The highest BCUT2D eigenvalue weighted by molar-refractivity contribution is 7.91. The summed E-state index contributed by atoms with van der Waals surface area (Å²) in [6.45, 7) is 5.78. The Morgan fingerprint density at radius 1 is 1.29 bits per heavy atom. The van der Waals surface area contributed by atoms with Crippen LogP contribution in [0.3, 0.4) is 0 Å². The average Bonchev–Trinajstić information content (AvgIpc) is 2.14. The Bertz CT molecular complexity index is 381. The SMILES string of the molecule is CC(=O)CC(C)(C)C1CCCC(S(C)(=O)=O)C1. The van der Waals surface area contributed by atoms with E-state index in [9.17, 15) is 13.2 Å². The summed E-state index contributed by atoms with van der Waals surface area (Å²) in [5, 5.41) is -0.201. The molecule has 0 bridgehead atoms. The third-order valence-electron chi connectivity index (χ3n) is 4.04. The second-order valence-corrected chi connectivity index (χ2v) is 8.51. The molecule has 1 rings (SSSR count). The van der Waals surface area contributed by atoms with Crippen LogP contribution in [0.25, 0.3) is 0 Å². The maximum absolute atomic E-state index is 11.6. The van der Waals surface area contributed by atoms with Crippen LogP contribution in [0.1, 0.15) is 52.9 Å². The van der Waals surface area contributed by atoms with Crippen molar-refractivity contribution in [2.45, 2.75) is 58.1 Å². The van der Waals surface area contributed by atoms with E-state index in [4.69, 9.17) is 0 Å². The number of rotatable bonds is 4. The maximum Gasteiger partial charge on any atom is 0.150 e. The molecular weight excluding hydrogens is 236 g/mol. The number of ketones is 1. The van der Waals surface area contributed by atoms with Gasteiger partial charge in [-0.15, -0.1) is 0 Å². The van der Waals surface area contributed by atoms with Gasteiger partial charge in [0.15, 0.2) is 0 Å². The lowest BCUT2D eigenvalue weighted by molar-refractivity contribution is -0.119. The van der Waals surface area contributed by atoms with E-state index >= 15 is 0 Å². The van der Waals surface area contributed by atoms with Crippen LogP contribution in [-0.2, 0) is 14.6 Å². The molecule has 0 aromatic rings. The van der Waals surface area contributed by atoms with Gasteiger partial charge in [0, 0.05) is 12.7 Å². The lowest BCUT2D eigenvalue weighted by atomic mass is 9.69. The minimum Gasteiger partial charge on any atom is -0.300 e. The van der Waals surface area contributed by atoms with E-state index < -0.39 is 9.84 Å². The molecule has 1 aliphatic carbocycles. The van der Waals surface area contributed by atoms with Gasteiger partial charge in [0.25, 0.3) is 0 Å². The fourth-order valence-corrected chi connectivity index (χ4v) is 4.21. The van der Waals surface area contributed by atoms with E-state index in [0.29, 0.717) is 12.3 Å². The monoisotopic (exact) mass is 260 g/mol. The first-order valence-corrected chi connectivity index (χ1v) is 8.26. The molecule has 3 nitrogen and oxygen atoms in total. The Kier molecular flexibility index (Phi) is 4.39. The molecule has 0 saturated heterocycles. The standard InChI is InChI=1S/C13H24O3S/c1-10(14)9-13(2,3)11-6-5-7-12(8-11)17(4,15)16/h11-12H,5-9H2,1-4H3. The zero-order chi connectivity index (χ0) is 13.3. The predicted octanol–water partition coefficient (Wildman–Crippen LogP) is 2.60. The van der Waals surface area contributed by atoms with Crippen LogP contribution in [0.15, 0.2) is 0 Å². The molecule has 0 aromatic carbocycles. The number of Topliss-reactive ketones (excluding diaryl/α,β-unsaturated/α-hetero) is 1. The summed E-state index contributed by atoms with van der Waals surface area (Å²) < 4.78 is 23.2. The molecule has 0 amide bonds. The Balaban J connectivity index is 2.76. The summed E-state index contributed by atoms with van der Waals surface area (Å²) in [5.74, 6) is 0.538. The lowest BCUT2D eigenvalue weighted by Crippen LogP contribution is -2.35. The van der Waals surface area contributed by atoms with Gasteiger partial charge in [-0.1, -0.05) is 20.3 Å². The molecule has 100 valence electrons. The van der Waals surface area contributed by atoms with Crippen LogP contribution in [0.5, 0.6) is 0 Å². The Hall–Kier alpha value is -0.380. The lowest BCUT2D eigenvalue weighted by Gasteiger charge is -2.39. The summed E-state index contributed by atoms with van der Waals surface area (Å²) >= 11 is 0. The highest BCUT2D eigenvalue weighted by Gasteiger charge is 2.37. The van der Waals surface area contributed by atoms with Crippen LogP contribution in [-0.4, -0.2) is 25.7 Å². The number of carbonyl (C=O) groups excluding carboxylic acids is 1. The highest BCUT2D eigenvalue weighted by Crippen LogP contribution is 2.42. The fourth-order valence-electron chi connectivity index (χ4n) is 3.03. The normalized spacial score (nSPS) is 26.8. The molecule has 17 heavy (non-hydrogen) atoms. The van der Waals surface area contributed by atoms with Gasteiger partial charge in [0.05, 0.1) is 5.25 Å². The molecule has 1 aliphatic rings. The number of hydrogen-bond acceptors (Lipinski definition) is 3. The van der Waals surface area contributed by atoms with Gasteiger partial charge in [-0.3, -0.25) is 0 Å². The largest absolute Gasteiger partial charge is 0.300 e. The van der Waals surface area contributed by atoms with E-state index in [-0.39, 0.29) is 16.4 Å². The van der Waals surface area contributed by atoms with E-state index in [2.05, 4.69) is 13.8 Å². The Morgan fingerprint density at radius 3 is 2.35 bits per heavy atom. The van der Waals surface area contributed by atoms with Crippen LogP contribution in [0.4, 0.5) is 0 Å². The third-order valence-corrected chi connectivity index (χ3v) is 5.68. The quantitative estimate of drug-likeness (QED) is 0.780. The van der Waals surface area contributed by atoms with Crippen molar-refractivity contribution in [2.24, 2.45) is 11.3 Å². The van der Waals surface area contributed by atoms with Gasteiger partial charge >= 0.3 is 0 Å². The molecular formula is C13H24O3S. The van der Waals surface area contributed by atoms with Crippen LogP contribution >= 0.6 is 0 Å². The van der Waals surface area contributed by atoms with E-state index in [1.54, 1.807) is 6.92 Å². The van der Waals surface area contributed by atoms with Crippen LogP contribution in [0.2, 0.25) is 0 Å². The second-order valence-electron chi connectivity index (χ2n) is 6.18. The van der Waals surface area contributed by atoms with Crippen LogP contribution in [0, 0.1) is 11.3 Å². The molecule has 0 aliphatic heterocycles. The van der Waals surface area contributed by atoms with Crippen LogP contribution < -0.4 is 0 Å². The first-order chi connectivity index (χ1) is 7.63.